The molecule has 0 radical (unpaired) electrons. The molecule has 0 saturated carbocycles. The number of benzene rings is 2. The normalized spacial score (nSPS) is 12.3. The molecular formula is C18H22FN. The molecule has 106 valence electrons. The molecule has 1 N–H and O–H groups in total. The molecular weight excluding hydrogens is 249 g/mol. The largest absolute Gasteiger partial charge is 0.316 e. The first-order chi connectivity index (χ1) is 9.69. The van der Waals surface area contributed by atoms with Gasteiger partial charge in [0.25, 0.3) is 0 Å². The molecule has 2 aromatic carbocycles. The molecule has 2 heteroatoms. The van der Waals surface area contributed by atoms with E-state index in [0.717, 1.165) is 19.5 Å². The number of nitrogens with one attached hydrogen (secondary N) is 1. The Bertz CT molecular complexity index is 516. The van der Waals surface area contributed by atoms with E-state index in [4.69, 9.17) is 0 Å². The number of likely N-dealkylation sites (N-methyl/N-ethyl adjacent to an activating group) is 1. The molecule has 2 rings (SSSR count). The van der Waals surface area contributed by atoms with Crippen molar-refractivity contribution < 1.29 is 4.39 Å². The molecule has 1 atom stereocenters. The van der Waals surface area contributed by atoms with Gasteiger partial charge < -0.3 is 5.32 Å². The van der Waals surface area contributed by atoms with Gasteiger partial charge in [-0.25, -0.2) is 4.39 Å². The summed E-state index contributed by atoms with van der Waals surface area (Å²) in [5.41, 5.74) is 3.79. The van der Waals surface area contributed by atoms with Gasteiger partial charge in [-0.1, -0.05) is 48.9 Å². The topological polar surface area (TPSA) is 12.0 Å². The van der Waals surface area contributed by atoms with Crippen molar-refractivity contribution in [1.29, 1.82) is 0 Å². The Morgan fingerprint density at radius 2 is 1.65 bits per heavy atom. The number of halogens is 1. The number of aryl methyl sites for hydroxylation is 1. The quantitative estimate of drug-likeness (QED) is 0.835. The van der Waals surface area contributed by atoms with Crippen LogP contribution in [0.1, 0.15) is 29.5 Å². The molecule has 0 aliphatic heterocycles. The second kappa shape index (κ2) is 7.20. The lowest BCUT2D eigenvalue weighted by Gasteiger charge is -2.18. The Kier molecular flexibility index (Phi) is 5.31. The Hall–Kier alpha value is -1.67. The van der Waals surface area contributed by atoms with Crippen LogP contribution in [0.2, 0.25) is 0 Å². The standard InChI is InChI=1S/C18H22FN/c1-3-20-13-17(16-8-10-18(19)11-9-16)12-15-6-4-14(2)5-7-15/h4-11,17,20H,3,12-13H2,1-2H3. The van der Waals surface area contributed by atoms with E-state index < -0.39 is 0 Å². The zero-order valence-corrected chi connectivity index (χ0v) is 12.2. The van der Waals surface area contributed by atoms with Gasteiger partial charge in [0.1, 0.15) is 5.82 Å². The van der Waals surface area contributed by atoms with Crippen LogP contribution < -0.4 is 5.32 Å². The smallest absolute Gasteiger partial charge is 0.123 e. The van der Waals surface area contributed by atoms with Gasteiger partial charge in [0, 0.05) is 12.5 Å². The van der Waals surface area contributed by atoms with Crippen LogP contribution in [-0.2, 0) is 6.42 Å². The van der Waals surface area contributed by atoms with E-state index in [2.05, 4.69) is 43.4 Å². The molecule has 1 nitrogen and oxygen atoms in total. The van der Waals surface area contributed by atoms with Crippen LogP contribution in [0.5, 0.6) is 0 Å². The summed E-state index contributed by atoms with van der Waals surface area (Å²) in [5.74, 6) is 0.199. The van der Waals surface area contributed by atoms with Crippen molar-refractivity contribution >= 4 is 0 Å². The van der Waals surface area contributed by atoms with Gasteiger partial charge in [0.05, 0.1) is 0 Å². The highest BCUT2D eigenvalue weighted by molar-refractivity contribution is 5.27. The first-order valence-electron chi connectivity index (χ1n) is 7.20. The van der Waals surface area contributed by atoms with Crippen LogP contribution in [0.3, 0.4) is 0 Å². The zero-order valence-electron chi connectivity index (χ0n) is 12.2. The summed E-state index contributed by atoms with van der Waals surface area (Å²) in [6, 6.07) is 15.5. The fraction of sp³-hybridized carbons (Fsp3) is 0.333. The number of rotatable bonds is 6. The van der Waals surface area contributed by atoms with E-state index in [9.17, 15) is 4.39 Å². The van der Waals surface area contributed by atoms with Crippen molar-refractivity contribution in [2.45, 2.75) is 26.2 Å². The fourth-order valence-electron chi connectivity index (χ4n) is 2.37. The van der Waals surface area contributed by atoms with Gasteiger partial charge in [-0.05, 0) is 43.1 Å². The predicted octanol–water partition coefficient (Wildman–Crippen LogP) is 4.07. The van der Waals surface area contributed by atoms with E-state index in [-0.39, 0.29) is 5.82 Å². The highest BCUT2D eigenvalue weighted by atomic mass is 19.1. The molecule has 0 aliphatic carbocycles. The van der Waals surface area contributed by atoms with Crippen LogP contribution in [0.4, 0.5) is 4.39 Å². The van der Waals surface area contributed by atoms with E-state index in [1.165, 1.54) is 16.7 Å². The van der Waals surface area contributed by atoms with Gasteiger partial charge in [-0.2, -0.15) is 0 Å². The van der Waals surface area contributed by atoms with Gasteiger partial charge in [0.2, 0.25) is 0 Å². The molecule has 0 saturated heterocycles. The van der Waals surface area contributed by atoms with Crippen molar-refractivity contribution in [2.24, 2.45) is 0 Å². The lowest BCUT2D eigenvalue weighted by molar-refractivity contribution is 0.590. The van der Waals surface area contributed by atoms with Crippen molar-refractivity contribution in [2.75, 3.05) is 13.1 Å². The summed E-state index contributed by atoms with van der Waals surface area (Å²) in [6.07, 6.45) is 0.971. The highest BCUT2D eigenvalue weighted by Gasteiger charge is 2.12. The molecule has 0 aromatic heterocycles. The third-order valence-corrected chi connectivity index (χ3v) is 3.58. The second-order valence-corrected chi connectivity index (χ2v) is 5.25. The summed E-state index contributed by atoms with van der Waals surface area (Å²) in [6.45, 7) is 6.06. The van der Waals surface area contributed by atoms with Crippen molar-refractivity contribution in [3.8, 4) is 0 Å². The minimum absolute atomic E-state index is 0.175. The van der Waals surface area contributed by atoms with Gasteiger partial charge in [-0.15, -0.1) is 0 Å². The maximum absolute atomic E-state index is 13.1. The summed E-state index contributed by atoms with van der Waals surface area (Å²) >= 11 is 0. The van der Waals surface area contributed by atoms with E-state index >= 15 is 0 Å². The van der Waals surface area contributed by atoms with Crippen molar-refractivity contribution in [1.82, 2.24) is 5.32 Å². The average molecular weight is 271 g/mol. The molecule has 0 fully saturated rings. The third-order valence-electron chi connectivity index (χ3n) is 3.58. The minimum Gasteiger partial charge on any atom is -0.316 e. The summed E-state index contributed by atoms with van der Waals surface area (Å²) in [5, 5.41) is 3.40. The Morgan fingerprint density at radius 3 is 2.25 bits per heavy atom. The molecule has 0 heterocycles. The Morgan fingerprint density at radius 1 is 1.00 bits per heavy atom. The SMILES string of the molecule is CCNCC(Cc1ccc(C)cc1)c1ccc(F)cc1. The van der Waals surface area contributed by atoms with E-state index in [1.807, 2.05) is 12.1 Å². The van der Waals surface area contributed by atoms with Crippen LogP contribution >= 0.6 is 0 Å². The molecule has 2 aromatic rings. The molecule has 0 bridgehead atoms. The Balaban J connectivity index is 2.14. The zero-order chi connectivity index (χ0) is 14.4. The van der Waals surface area contributed by atoms with Crippen LogP contribution in [-0.4, -0.2) is 13.1 Å². The molecule has 0 aliphatic rings. The molecule has 0 spiro atoms. The summed E-state index contributed by atoms with van der Waals surface area (Å²) in [4.78, 5) is 0. The second-order valence-electron chi connectivity index (χ2n) is 5.25. The van der Waals surface area contributed by atoms with Crippen LogP contribution in [0.15, 0.2) is 48.5 Å². The lowest BCUT2D eigenvalue weighted by Crippen LogP contribution is -2.22. The van der Waals surface area contributed by atoms with Crippen LogP contribution in [0.25, 0.3) is 0 Å². The first-order valence-corrected chi connectivity index (χ1v) is 7.20. The Labute approximate surface area is 120 Å². The fourth-order valence-corrected chi connectivity index (χ4v) is 2.37. The maximum Gasteiger partial charge on any atom is 0.123 e. The lowest BCUT2D eigenvalue weighted by atomic mass is 9.91. The third kappa shape index (κ3) is 4.17. The summed E-state index contributed by atoms with van der Waals surface area (Å²) in [7, 11) is 0. The van der Waals surface area contributed by atoms with Crippen molar-refractivity contribution in [3.05, 3.63) is 71.0 Å². The highest BCUT2D eigenvalue weighted by Crippen LogP contribution is 2.21. The monoisotopic (exact) mass is 271 g/mol. The number of hydrogen-bond donors (Lipinski definition) is 1. The van der Waals surface area contributed by atoms with E-state index in [1.54, 1.807) is 12.1 Å². The average Bonchev–Trinajstić information content (AvgIpc) is 2.46. The minimum atomic E-state index is -0.175. The van der Waals surface area contributed by atoms with Crippen molar-refractivity contribution in [3.63, 3.8) is 0 Å². The summed E-state index contributed by atoms with van der Waals surface area (Å²) < 4.78 is 13.1. The molecule has 1 unspecified atom stereocenters. The van der Waals surface area contributed by atoms with Gasteiger partial charge in [-0.3, -0.25) is 0 Å². The number of hydrogen-bond acceptors (Lipinski definition) is 1. The molecule has 0 amide bonds. The molecule has 20 heavy (non-hydrogen) atoms. The van der Waals surface area contributed by atoms with Gasteiger partial charge >= 0.3 is 0 Å². The van der Waals surface area contributed by atoms with E-state index in [0.29, 0.717) is 5.92 Å². The van der Waals surface area contributed by atoms with Crippen LogP contribution in [0, 0.1) is 12.7 Å². The van der Waals surface area contributed by atoms with Gasteiger partial charge in [0.15, 0.2) is 0 Å². The predicted molar refractivity (Wildman–Crippen MR) is 82.6 cm³/mol. The maximum atomic E-state index is 13.1. The first kappa shape index (κ1) is 14.7.